The zero-order chi connectivity index (χ0) is 16.7. The summed E-state index contributed by atoms with van der Waals surface area (Å²) in [5, 5.41) is 12.6. The summed E-state index contributed by atoms with van der Waals surface area (Å²) < 4.78 is 14.0. The Hall–Kier alpha value is 0.360. The van der Waals surface area contributed by atoms with Crippen molar-refractivity contribution in [1.82, 2.24) is 20.3 Å². The van der Waals surface area contributed by atoms with E-state index in [0.29, 0.717) is 0 Å². The second-order valence-electron chi connectivity index (χ2n) is 5.40. The van der Waals surface area contributed by atoms with Crippen molar-refractivity contribution in [2.24, 2.45) is 19.5 Å². The van der Waals surface area contributed by atoms with E-state index in [0.717, 1.165) is 8.37 Å². The van der Waals surface area contributed by atoms with Gasteiger partial charge in [-0.1, -0.05) is 0 Å². The van der Waals surface area contributed by atoms with Crippen molar-refractivity contribution in [3.05, 3.63) is 0 Å². The summed E-state index contributed by atoms with van der Waals surface area (Å²) in [4.78, 5) is 0. The molecule has 8 nitrogen and oxygen atoms in total. The first kappa shape index (κ1) is 21.4. The van der Waals surface area contributed by atoms with Crippen LogP contribution in [0, 0.1) is 0 Å². The van der Waals surface area contributed by atoms with Crippen LogP contribution in [0.5, 0.6) is 0 Å². The maximum Gasteiger partial charge on any atom is 0.206 e. The fraction of sp³-hybridized carbons (Fsp3) is 1.00. The number of nitrogens with one attached hydrogen (secondary N) is 4. The van der Waals surface area contributed by atoms with Crippen LogP contribution < -0.4 is 25.9 Å². The lowest BCUT2D eigenvalue weighted by atomic mass is 10.1. The highest BCUT2D eigenvalue weighted by Crippen LogP contribution is 2.50. The molecule has 2 atom stereocenters. The molecule has 0 aliphatic heterocycles. The third-order valence-electron chi connectivity index (χ3n) is 2.44. The molecule has 0 rings (SSSR count). The molecule has 0 amide bonds. The normalized spacial score (nSPS) is 17.6. The van der Waals surface area contributed by atoms with Gasteiger partial charge in [-0.15, -0.1) is 0 Å². The van der Waals surface area contributed by atoms with Gasteiger partial charge in [-0.2, -0.15) is 4.52 Å². The highest BCUT2D eigenvalue weighted by molar-refractivity contribution is 7.72. The molecule has 0 aliphatic rings. The van der Waals surface area contributed by atoms with E-state index in [1.54, 1.807) is 7.05 Å². The van der Waals surface area contributed by atoms with Crippen molar-refractivity contribution < 1.29 is 0 Å². The summed E-state index contributed by atoms with van der Waals surface area (Å²) in [7, 11) is 3.70. The van der Waals surface area contributed by atoms with Crippen LogP contribution in [-0.4, -0.2) is 39.5 Å². The monoisotopic (exact) mass is 356 g/mol. The van der Waals surface area contributed by atoms with Crippen molar-refractivity contribution in [2.75, 3.05) is 28.2 Å². The zero-order valence-electron chi connectivity index (χ0n) is 14.3. The molecule has 0 aromatic carbocycles. The van der Waals surface area contributed by atoms with E-state index in [2.05, 4.69) is 50.6 Å². The van der Waals surface area contributed by atoms with Crippen molar-refractivity contribution in [3.8, 4) is 0 Å². The van der Waals surface area contributed by atoms with E-state index in [1.165, 1.54) is 0 Å². The summed E-state index contributed by atoms with van der Waals surface area (Å²) in [6, 6.07) is 0. The van der Waals surface area contributed by atoms with Gasteiger partial charge in [-0.05, 0) is 55.9 Å². The SMILES string of the molecule is CNP(N)(=NC(C)P=NC(C)(C)C)N=P(NC)(NC)NC. The maximum atomic E-state index is 6.38. The third kappa shape index (κ3) is 7.96. The van der Waals surface area contributed by atoms with E-state index in [1.807, 2.05) is 28.1 Å². The first-order valence-corrected chi connectivity index (χ1v) is 11.2. The number of hydrogen-bond donors (Lipinski definition) is 5. The van der Waals surface area contributed by atoms with Gasteiger partial charge in [-0.3, -0.25) is 30.6 Å². The second-order valence-corrected chi connectivity index (χ2v) is 11.9. The Morgan fingerprint density at radius 2 is 1.48 bits per heavy atom. The van der Waals surface area contributed by atoms with Crippen LogP contribution in [0.25, 0.3) is 0 Å². The summed E-state index contributed by atoms with van der Waals surface area (Å²) in [5.74, 6) is -0.00812. The molecule has 6 N–H and O–H groups in total. The van der Waals surface area contributed by atoms with Gasteiger partial charge in [0.25, 0.3) is 0 Å². The molecule has 0 aliphatic carbocycles. The average Bonchev–Trinajstić information content (AvgIpc) is 2.42. The van der Waals surface area contributed by atoms with E-state index >= 15 is 0 Å². The van der Waals surface area contributed by atoms with Crippen LogP contribution >= 0.6 is 23.4 Å². The fourth-order valence-corrected chi connectivity index (χ4v) is 7.05. The standard InChI is InChI=1S/C10H31N8P3/c1-9(19-17-10(2,3)4)16-20(11,12-5)18-21(13-6,14-7)15-8/h9,12-15H,11H2,1-8H3. The lowest BCUT2D eigenvalue weighted by Gasteiger charge is -2.26. The quantitative estimate of drug-likeness (QED) is 0.450. The second kappa shape index (κ2) is 8.85. The van der Waals surface area contributed by atoms with Crippen LogP contribution in [0.4, 0.5) is 0 Å². The third-order valence-corrected chi connectivity index (χ3v) is 9.25. The van der Waals surface area contributed by atoms with Crippen LogP contribution in [0.2, 0.25) is 0 Å². The average molecular weight is 356 g/mol. The first-order chi connectivity index (χ1) is 9.55. The molecule has 126 valence electrons. The van der Waals surface area contributed by atoms with Gasteiger partial charge in [-0.25, -0.2) is 4.74 Å². The van der Waals surface area contributed by atoms with Crippen molar-refractivity contribution in [3.63, 3.8) is 0 Å². The lowest BCUT2D eigenvalue weighted by Crippen LogP contribution is -2.26. The molecule has 0 spiro atoms. The summed E-state index contributed by atoms with van der Waals surface area (Å²) in [6.07, 6.45) is 0. The molecule has 0 fully saturated rings. The van der Waals surface area contributed by atoms with Crippen LogP contribution in [0.3, 0.4) is 0 Å². The predicted molar refractivity (Wildman–Crippen MR) is 97.7 cm³/mol. The van der Waals surface area contributed by atoms with Crippen molar-refractivity contribution in [1.29, 1.82) is 0 Å². The minimum absolute atomic E-state index is 0.00812. The Labute approximate surface area is 131 Å². The Kier molecular flexibility index (Phi) is 9.00. The Bertz CT molecular complexity index is 435. The molecule has 2 unspecified atom stereocenters. The topological polar surface area (TPSA) is 111 Å². The minimum atomic E-state index is -2.46. The largest absolute Gasteiger partial charge is 0.267 e. The molecule has 0 aromatic rings. The first-order valence-electron chi connectivity index (χ1n) is 6.77. The van der Waals surface area contributed by atoms with Crippen LogP contribution in [0.15, 0.2) is 14.0 Å². The minimum Gasteiger partial charge on any atom is -0.267 e. The zero-order valence-corrected chi connectivity index (χ0v) is 17.0. The summed E-state index contributed by atoms with van der Waals surface area (Å²) >= 11 is 0. The molecular weight excluding hydrogens is 325 g/mol. The highest BCUT2D eigenvalue weighted by atomic mass is 31.2. The molecule has 21 heavy (non-hydrogen) atoms. The molecule has 0 saturated heterocycles. The molecule has 0 saturated carbocycles. The summed E-state index contributed by atoms with van der Waals surface area (Å²) in [6.45, 7) is 8.21. The smallest absolute Gasteiger partial charge is 0.206 e. The molecule has 0 bridgehead atoms. The van der Waals surface area contributed by atoms with Gasteiger partial charge in [0, 0.05) is 8.37 Å². The highest BCUT2D eigenvalue weighted by Gasteiger charge is 2.19. The van der Waals surface area contributed by atoms with Gasteiger partial charge >= 0.3 is 0 Å². The van der Waals surface area contributed by atoms with E-state index in [9.17, 15) is 0 Å². The number of rotatable bonds is 7. The summed E-state index contributed by atoms with van der Waals surface area (Å²) in [5.41, 5.74) is 6.30. The number of nitrogens with zero attached hydrogens (tertiary/aromatic N) is 3. The van der Waals surface area contributed by atoms with Crippen LogP contribution in [0.1, 0.15) is 27.7 Å². The molecule has 11 heteroatoms. The predicted octanol–water partition coefficient (Wildman–Crippen LogP) is 2.99. The number of hydrogen-bond acceptors (Lipinski definition) is 2. The van der Waals surface area contributed by atoms with Gasteiger partial charge in [0.15, 0.2) is 7.51 Å². The Balaban J connectivity index is 5.59. The van der Waals surface area contributed by atoms with Crippen molar-refractivity contribution >= 4 is 23.4 Å². The van der Waals surface area contributed by atoms with Gasteiger partial charge in [0.2, 0.25) is 7.51 Å². The van der Waals surface area contributed by atoms with Gasteiger partial charge < -0.3 is 0 Å². The van der Waals surface area contributed by atoms with Gasteiger partial charge in [0.05, 0.1) is 5.54 Å². The molecule has 0 aromatic heterocycles. The maximum absolute atomic E-state index is 6.38. The van der Waals surface area contributed by atoms with Gasteiger partial charge in [0.1, 0.15) is 5.78 Å². The van der Waals surface area contributed by atoms with Crippen molar-refractivity contribution in [2.45, 2.75) is 39.0 Å². The molecule has 0 heterocycles. The van der Waals surface area contributed by atoms with Crippen LogP contribution in [-0.2, 0) is 0 Å². The molecular formula is C10H31N8P3. The molecule has 0 radical (unpaired) electrons. The lowest BCUT2D eigenvalue weighted by molar-refractivity contribution is 0.591. The van der Waals surface area contributed by atoms with E-state index in [-0.39, 0.29) is 11.3 Å². The Morgan fingerprint density at radius 1 is 1.00 bits per heavy atom. The Morgan fingerprint density at radius 3 is 1.81 bits per heavy atom. The number of nitrogens with two attached hydrogens (primary N) is 1. The van der Waals surface area contributed by atoms with E-state index in [4.69, 9.17) is 10.0 Å². The van der Waals surface area contributed by atoms with E-state index < -0.39 is 15.0 Å². The fourth-order valence-electron chi connectivity index (χ4n) is 1.33.